The molecule has 7 nitrogen and oxygen atoms in total. The van der Waals surface area contributed by atoms with Crippen molar-refractivity contribution in [2.75, 3.05) is 30.0 Å². The standard InChI is InChI=1S/C29H32N2O5/c1-20-6-11-24(12-7-20)34-17-4-5-28(32)30-23-10-15-26-27(19-23)36-22(3)29(33)31(26)16-18-35-25-13-8-21(2)9-14-25/h6-15,19,22H,4-5,16-18H2,1-3H3,(H,30,32). The van der Waals surface area contributed by atoms with Gasteiger partial charge in [-0.2, -0.15) is 0 Å². The smallest absolute Gasteiger partial charge is 0.267 e. The molecule has 0 radical (unpaired) electrons. The predicted octanol–water partition coefficient (Wildman–Crippen LogP) is 5.29. The molecule has 1 aliphatic rings. The Hall–Kier alpha value is -4.00. The van der Waals surface area contributed by atoms with Crippen molar-refractivity contribution in [2.45, 2.75) is 39.7 Å². The number of hydrogen-bond donors (Lipinski definition) is 1. The second kappa shape index (κ2) is 11.6. The fourth-order valence-corrected chi connectivity index (χ4v) is 3.89. The molecule has 1 unspecified atom stereocenters. The van der Waals surface area contributed by atoms with Crippen LogP contribution in [-0.4, -0.2) is 37.7 Å². The molecular formula is C29H32N2O5. The Morgan fingerprint density at radius 3 is 2.17 bits per heavy atom. The zero-order valence-corrected chi connectivity index (χ0v) is 21.0. The number of carbonyl (C=O) groups excluding carboxylic acids is 2. The average Bonchev–Trinajstić information content (AvgIpc) is 2.86. The fourth-order valence-electron chi connectivity index (χ4n) is 3.89. The molecule has 3 aromatic carbocycles. The Labute approximate surface area is 212 Å². The van der Waals surface area contributed by atoms with Gasteiger partial charge in [0.1, 0.15) is 23.9 Å². The summed E-state index contributed by atoms with van der Waals surface area (Å²) in [6.45, 7) is 6.97. The minimum absolute atomic E-state index is 0.106. The van der Waals surface area contributed by atoms with Gasteiger partial charge in [-0.25, -0.2) is 0 Å². The van der Waals surface area contributed by atoms with E-state index in [9.17, 15) is 9.59 Å². The van der Waals surface area contributed by atoms with Crippen LogP contribution in [0.1, 0.15) is 30.9 Å². The maximum absolute atomic E-state index is 12.8. The topological polar surface area (TPSA) is 77.1 Å². The van der Waals surface area contributed by atoms with Crippen molar-refractivity contribution in [1.82, 2.24) is 0 Å². The van der Waals surface area contributed by atoms with E-state index in [1.165, 1.54) is 5.56 Å². The first-order chi connectivity index (χ1) is 17.4. The highest BCUT2D eigenvalue weighted by molar-refractivity contribution is 6.00. The maximum Gasteiger partial charge on any atom is 0.267 e. The summed E-state index contributed by atoms with van der Waals surface area (Å²) in [6, 6.07) is 21.0. The first kappa shape index (κ1) is 25.1. The molecule has 188 valence electrons. The van der Waals surface area contributed by atoms with Gasteiger partial charge in [-0.15, -0.1) is 0 Å². The Kier molecular flexibility index (Phi) is 8.10. The molecule has 0 bridgehead atoms. The number of amides is 2. The van der Waals surface area contributed by atoms with E-state index in [0.717, 1.165) is 17.1 Å². The lowest BCUT2D eigenvalue weighted by Crippen LogP contribution is -2.46. The van der Waals surface area contributed by atoms with Crippen LogP contribution in [-0.2, 0) is 9.59 Å². The lowest BCUT2D eigenvalue weighted by Gasteiger charge is -2.33. The number of anilines is 2. The maximum atomic E-state index is 12.8. The van der Waals surface area contributed by atoms with Crippen LogP contribution in [0.25, 0.3) is 0 Å². The van der Waals surface area contributed by atoms with Crippen molar-refractivity contribution in [3.63, 3.8) is 0 Å². The van der Waals surface area contributed by atoms with Gasteiger partial charge in [0.15, 0.2) is 6.10 Å². The van der Waals surface area contributed by atoms with Gasteiger partial charge in [-0.05, 0) is 63.6 Å². The number of nitrogens with one attached hydrogen (secondary N) is 1. The summed E-state index contributed by atoms with van der Waals surface area (Å²) in [6.07, 6.45) is 0.310. The molecule has 2 amide bonds. The van der Waals surface area contributed by atoms with Crippen LogP contribution in [0.2, 0.25) is 0 Å². The Morgan fingerprint density at radius 1 is 0.917 bits per heavy atom. The van der Waals surface area contributed by atoms with Crippen molar-refractivity contribution in [2.24, 2.45) is 0 Å². The Balaban J connectivity index is 1.30. The predicted molar refractivity (Wildman–Crippen MR) is 140 cm³/mol. The highest BCUT2D eigenvalue weighted by Gasteiger charge is 2.31. The first-order valence-corrected chi connectivity index (χ1v) is 12.2. The third-order valence-corrected chi connectivity index (χ3v) is 5.89. The number of aryl methyl sites for hydroxylation is 2. The van der Waals surface area contributed by atoms with Gasteiger partial charge >= 0.3 is 0 Å². The van der Waals surface area contributed by atoms with E-state index in [2.05, 4.69) is 5.32 Å². The average molecular weight is 489 g/mol. The Bertz CT molecular complexity index is 1190. The largest absolute Gasteiger partial charge is 0.494 e. The number of ether oxygens (including phenoxy) is 3. The molecule has 0 spiro atoms. The molecule has 0 saturated carbocycles. The molecule has 0 saturated heterocycles. The molecule has 0 fully saturated rings. The minimum Gasteiger partial charge on any atom is -0.494 e. The van der Waals surface area contributed by atoms with Crippen LogP contribution in [0.5, 0.6) is 17.2 Å². The molecule has 1 N–H and O–H groups in total. The minimum atomic E-state index is -0.623. The molecule has 3 aromatic rings. The monoisotopic (exact) mass is 488 g/mol. The lowest BCUT2D eigenvalue weighted by atomic mass is 10.1. The van der Waals surface area contributed by atoms with Crippen molar-refractivity contribution in [1.29, 1.82) is 0 Å². The number of hydrogen-bond acceptors (Lipinski definition) is 5. The summed E-state index contributed by atoms with van der Waals surface area (Å²) in [4.78, 5) is 26.9. The van der Waals surface area contributed by atoms with E-state index in [0.29, 0.717) is 49.7 Å². The van der Waals surface area contributed by atoms with Gasteiger partial charge in [0, 0.05) is 18.2 Å². The summed E-state index contributed by atoms with van der Waals surface area (Å²) in [5, 5.41) is 2.91. The van der Waals surface area contributed by atoms with Gasteiger partial charge < -0.3 is 24.4 Å². The second-order valence-corrected chi connectivity index (χ2v) is 8.91. The third kappa shape index (κ3) is 6.56. The summed E-state index contributed by atoms with van der Waals surface area (Å²) in [5.74, 6) is 1.88. The van der Waals surface area contributed by atoms with Crippen LogP contribution >= 0.6 is 0 Å². The molecule has 0 aromatic heterocycles. The van der Waals surface area contributed by atoms with E-state index in [4.69, 9.17) is 14.2 Å². The third-order valence-electron chi connectivity index (χ3n) is 5.89. The lowest BCUT2D eigenvalue weighted by molar-refractivity contribution is -0.125. The highest BCUT2D eigenvalue weighted by Crippen LogP contribution is 2.36. The SMILES string of the molecule is Cc1ccc(OCCCC(=O)Nc2ccc3c(c2)OC(C)C(=O)N3CCOc2ccc(C)cc2)cc1. The van der Waals surface area contributed by atoms with Crippen LogP contribution in [0.15, 0.2) is 66.7 Å². The second-order valence-electron chi connectivity index (χ2n) is 8.91. The highest BCUT2D eigenvalue weighted by atomic mass is 16.5. The van der Waals surface area contributed by atoms with Crippen molar-refractivity contribution in [3.8, 4) is 17.2 Å². The van der Waals surface area contributed by atoms with Gasteiger partial charge in [-0.3, -0.25) is 9.59 Å². The van der Waals surface area contributed by atoms with E-state index in [1.807, 2.05) is 62.4 Å². The van der Waals surface area contributed by atoms with Crippen LogP contribution < -0.4 is 24.4 Å². The van der Waals surface area contributed by atoms with E-state index >= 15 is 0 Å². The number of rotatable bonds is 10. The van der Waals surface area contributed by atoms with Gasteiger partial charge in [-0.1, -0.05) is 35.4 Å². The summed E-state index contributed by atoms with van der Waals surface area (Å²) in [7, 11) is 0. The van der Waals surface area contributed by atoms with Gasteiger partial charge in [0.2, 0.25) is 5.91 Å². The molecule has 0 aliphatic carbocycles. The number of carbonyl (C=O) groups is 2. The quantitative estimate of drug-likeness (QED) is 0.392. The van der Waals surface area contributed by atoms with Crippen LogP contribution in [0, 0.1) is 13.8 Å². The number of fused-ring (bicyclic) bond motifs is 1. The first-order valence-electron chi connectivity index (χ1n) is 12.2. The van der Waals surface area contributed by atoms with Gasteiger partial charge in [0.25, 0.3) is 5.91 Å². The molecule has 36 heavy (non-hydrogen) atoms. The molecular weight excluding hydrogens is 456 g/mol. The molecule has 1 heterocycles. The number of benzene rings is 3. The molecule has 4 rings (SSSR count). The molecule has 1 aliphatic heterocycles. The fraction of sp³-hybridized carbons (Fsp3) is 0.310. The van der Waals surface area contributed by atoms with Crippen molar-refractivity contribution in [3.05, 3.63) is 77.9 Å². The zero-order chi connectivity index (χ0) is 25.5. The van der Waals surface area contributed by atoms with Crippen LogP contribution in [0.4, 0.5) is 11.4 Å². The normalized spacial score (nSPS) is 14.6. The van der Waals surface area contributed by atoms with E-state index < -0.39 is 6.10 Å². The summed E-state index contributed by atoms with van der Waals surface area (Å²) in [5.41, 5.74) is 3.62. The summed E-state index contributed by atoms with van der Waals surface area (Å²) < 4.78 is 17.3. The molecule has 7 heteroatoms. The van der Waals surface area contributed by atoms with Crippen molar-refractivity contribution < 1.29 is 23.8 Å². The molecule has 1 atom stereocenters. The van der Waals surface area contributed by atoms with Gasteiger partial charge in [0.05, 0.1) is 18.8 Å². The van der Waals surface area contributed by atoms with Crippen molar-refractivity contribution >= 4 is 23.2 Å². The van der Waals surface area contributed by atoms with E-state index in [1.54, 1.807) is 30.0 Å². The van der Waals surface area contributed by atoms with E-state index in [-0.39, 0.29) is 11.8 Å². The Morgan fingerprint density at radius 2 is 1.53 bits per heavy atom. The number of nitrogens with zero attached hydrogens (tertiary/aromatic N) is 1. The zero-order valence-electron chi connectivity index (χ0n) is 21.0. The van der Waals surface area contributed by atoms with Crippen LogP contribution in [0.3, 0.4) is 0 Å². The summed E-state index contributed by atoms with van der Waals surface area (Å²) >= 11 is 0.